The molecule has 1 saturated carbocycles. The van der Waals surface area contributed by atoms with Crippen molar-refractivity contribution in [2.24, 2.45) is 17.8 Å². The van der Waals surface area contributed by atoms with Gasteiger partial charge in [0.2, 0.25) is 10.0 Å². The maximum Gasteiger partial charge on any atom is 0.283 e. The Morgan fingerprint density at radius 3 is 2.73 bits per heavy atom. The van der Waals surface area contributed by atoms with E-state index in [1.807, 2.05) is 20.1 Å². The van der Waals surface area contributed by atoms with E-state index < -0.39 is 26.8 Å². The normalized spacial score (nSPS) is 34.2. The predicted octanol–water partition coefficient (Wildman–Crippen LogP) is 5.85. The van der Waals surface area contributed by atoms with Crippen molar-refractivity contribution in [3.05, 3.63) is 64.3 Å². The Kier molecular flexibility index (Phi) is 11.8. The third-order valence-electron chi connectivity index (χ3n) is 14.2. The number of fused-ring (bicyclic) bond motifs is 5. The molecule has 1 N–H and O–H groups in total. The number of carbonyl (C=O) groups is 1. The summed E-state index contributed by atoms with van der Waals surface area (Å²) in [6.45, 7) is 9.17. The molecule has 1 spiro atoms. The molecule has 0 unspecified atom stereocenters. The number of amides is 1. The van der Waals surface area contributed by atoms with Gasteiger partial charge in [0.15, 0.2) is 11.6 Å². The lowest BCUT2D eigenvalue weighted by molar-refractivity contribution is -0.100. The predicted molar refractivity (Wildman–Crippen MR) is 219 cm³/mol. The Bertz CT molecular complexity index is 1900. The van der Waals surface area contributed by atoms with E-state index in [0.29, 0.717) is 49.6 Å². The number of anilines is 1. The van der Waals surface area contributed by atoms with Gasteiger partial charge in [0.1, 0.15) is 11.3 Å². The molecule has 2 saturated heterocycles. The average molecular weight is 811 g/mol. The number of rotatable bonds is 6. The van der Waals surface area contributed by atoms with E-state index in [1.54, 1.807) is 19.2 Å². The van der Waals surface area contributed by atoms with Crippen LogP contribution in [0.4, 0.5) is 5.82 Å². The Hall–Kier alpha value is -2.74. The van der Waals surface area contributed by atoms with Crippen molar-refractivity contribution in [3.8, 4) is 5.75 Å². The first kappa shape index (κ1) is 40.1. The van der Waals surface area contributed by atoms with Crippen LogP contribution >= 0.6 is 11.6 Å². The number of piperazine rings is 1. The molecule has 306 valence electrons. The van der Waals surface area contributed by atoms with Gasteiger partial charge in [0, 0.05) is 76.6 Å². The summed E-state index contributed by atoms with van der Waals surface area (Å²) in [6, 6.07) is 10.2. The molecule has 56 heavy (non-hydrogen) atoms. The van der Waals surface area contributed by atoms with Gasteiger partial charge in [0.25, 0.3) is 5.91 Å². The van der Waals surface area contributed by atoms with Gasteiger partial charge in [-0.05, 0) is 117 Å². The van der Waals surface area contributed by atoms with E-state index in [0.717, 1.165) is 63.3 Å². The second-order valence-electron chi connectivity index (χ2n) is 17.6. The lowest BCUT2D eigenvalue weighted by Crippen LogP contribution is -2.61. The van der Waals surface area contributed by atoms with Gasteiger partial charge in [-0.3, -0.25) is 14.6 Å². The third-order valence-corrected chi connectivity index (χ3v) is 16.4. The number of aromatic nitrogens is 1. The van der Waals surface area contributed by atoms with Crippen LogP contribution in [0.2, 0.25) is 5.02 Å². The van der Waals surface area contributed by atoms with Crippen LogP contribution in [0.5, 0.6) is 5.75 Å². The minimum absolute atomic E-state index is 0.0519. The summed E-state index contributed by atoms with van der Waals surface area (Å²) in [4.78, 5) is 26.4. The Balaban J connectivity index is 1.20. The molecule has 1 aromatic heterocycles. The van der Waals surface area contributed by atoms with E-state index in [-0.39, 0.29) is 36.0 Å². The fourth-order valence-electron chi connectivity index (χ4n) is 11.0. The number of benzene rings is 1. The number of ether oxygens (including phenoxy) is 3. The molecule has 2 bridgehead atoms. The maximum absolute atomic E-state index is 14.1. The summed E-state index contributed by atoms with van der Waals surface area (Å²) in [6.07, 6.45) is 14.0. The number of hydrogen-bond donors (Lipinski definition) is 1. The summed E-state index contributed by atoms with van der Waals surface area (Å²) in [5, 5.41) is -0.113. The molecule has 3 fully saturated rings. The van der Waals surface area contributed by atoms with Crippen molar-refractivity contribution in [1.29, 1.82) is 0 Å². The molecule has 7 atom stereocenters. The van der Waals surface area contributed by atoms with E-state index >= 15 is 0 Å². The average Bonchev–Trinajstić information content (AvgIpc) is 3.32. The second kappa shape index (κ2) is 16.5. The summed E-state index contributed by atoms with van der Waals surface area (Å²) in [7, 11) is -0.670. The molecule has 5 heterocycles. The van der Waals surface area contributed by atoms with Crippen LogP contribution in [0, 0.1) is 17.8 Å². The molecule has 4 aliphatic heterocycles. The SMILES string of the molecule is COCC[C@@H]1[C@@H](C)C/C=C/[C@](CN2CCN3CCCC[C@@H]3C2)(OC)[C@@H]2CC[C@H]2CN2C[C@@]3(CCCc4cc(Cl)ccc43)COc3ccc(nc32)C(=O)NS1(=O)=O. The van der Waals surface area contributed by atoms with Crippen molar-refractivity contribution in [2.45, 2.75) is 93.4 Å². The molecule has 6 aliphatic rings. The first-order chi connectivity index (χ1) is 27.0. The van der Waals surface area contributed by atoms with Gasteiger partial charge < -0.3 is 19.1 Å². The Labute approximate surface area is 338 Å². The summed E-state index contributed by atoms with van der Waals surface area (Å²) in [5.74, 6) is 0.699. The van der Waals surface area contributed by atoms with Crippen molar-refractivity contribution in [1.82, 2.24) is 19.5 Å². The van der Waals surface area contributed by atoms with E-state index in [1.165, 1.54) is 36.9 Å². The number of halogens is 1. The maximum atomic E-state index is 14.1. The number of pyridine rings is 1. The van der Waals surface area contributed by atoms with Gasteiger partial charge in [-0.2, -0.15) is 0 Å². The summed E-state index contributed by atoms with van der Waals surface area (Å²) in [5.41, 5.74) is 1.70. The van der Waals surface area contributed by atoms with Crippen molar-refractivity contribution >= 4 is 33.3 Å². The van der Waals surface area contributed by atoms with Gasteiger partial charge in [-0.1, -0.05) is 43.2 Å². The zero-order chi connectivity index (χ0) is 39.1. The smallest absolute Gasteiger partial charge is 0.283 e. The molecular formula is C43H60ClN5O6S. The molecule has 11 nitrogen and oxygen atoms in total. The first-order valence-electron chi connectivity index (χ1n) is 20.9. The highest BCUT2D eigenvalue weighted by atomic mass is 35.5. The second-order valence-corrected chi connectivity index (χ2v) is 19.9. The molecule has 0 radical (unpaired) electrons. The molecule has 1 amide bonds. The molecular weight excluding hydrogens is 750 g/mol. The third kappa shape index (κ3) is 7.87. The van der Waals surface area contributed by atoms with Crippen LogP contribution in [0.1, 0.15) is 86.3 Å². The van der Waals surface area contributed by atoms with Crippen LogP contribution in [0.15, 0.2) is 42.5 Å². The first-order valence-corrected chi connectivity index (χ1v) is 22.9. The van der Waals surface area contributed by atoms with Crippen LogP contribution in [-0.2, 0) is 31.3 Å². The topological polar surface area (TPSA) is 114 Å². The van der Waals surface area contributed by atoms with Gasteiger partial charge >= 0.3 is 0 Å². The minimum Gasteiger partial charge on any atom is -0.489 e. The highest BCUT2D eigenvalue weighted by Crippen LogP contribution is 2.49. The standard InChI is InChI=1S/C43H60ClN5O6S/c1-30-8-6-19-43(54-3,28-47-21-22-48-20-5-4-10-34(48)26-47)36-13-11-32(36)25-49-27-42(18-7-9-31-24-33(44)12-14-35(31)42)29-55-38-16-15-37(45-40(38)49)41(50)46-56(51,52)39(30)17-23-53-2/h6,12,14-16,19,24,30,32,34,36,39H,4-5,7-11,13,17-18,20-23,25-29H2,1-3H3,(H,46,50)/b19-6+/t30-,32-,34+,36+,39+,42-,43+/m0/s1. The van der Waals surface area contributed by atoms with Crippen LogP contribution < -0.4 is 14.4 Å². The van der Waals surface area contributed by atoms with Crippen molar-refractivity contribution < 1.29 is 27.4 Å². The van der Waals surface area contributed by atoms with E-state index in [4.69, 9.17) is 30.8 Å². The lowest BCUT2D eigenvalue weighted by Gasteiger charge is -2.53. The van der Waals surface area contributed by atoms with E-state index in [9.17, 15) is 13.2 Å². The highest BCUT2D eigenvalue weighted by Gasteiger charge is 2.50. The fraction of sp³-hybridized carbons (Fsp3) is 0.674. The number of methoxy groups -OCH3 is 2. The number of allylic oxidation sites excluding steroid dienone is 1. The number of aryl methyl sites for hydroxylation is 1. The molecule has 2 aromatic rings. The van der Waals surface area contributed by atoms with Gasteiger partial charge in [-0.15, -0.1) is 0 Å². The van der Waals surface area contributed by atoms with Gasteiger partial charge in [0.05, 0.1) is 11.9 Å². The molecule has 1 aromatic carbocycles. The summed E-state index contributed by atoms with van der Waals surface area (Å²) >= 11 is 6.52. The number of nitrogens with one attached hydrogen (secondary N) is 1. The highest BCUT2D eigenvalue weighted by molar-refractivity contribution is 7.90. The largest absolute Gasteiger partial charge is 0.489 e. The number of hydrogen-bond acceptors (Lipinski definition) is 10. The zero-order valence-electron chi connectivity index (χ0n) is 33.4. The van der Waals surface area contributed by atoms with E-state index in [2.05, 4.69) is 43.7 Å². The fourth-order valence-corrected chi connectivity index (χ4v) is 12.8. The van der Waals surface area contributed by atoms with Crippen molar-refractivity contribution in [3.63, 3.8) is 0 Å². The van der Waals surface area contributed by atoms with Gasteiger partial charge in [-0.25, -0.2) is 18.1 Å². The monoisotopic (exact) mass is 809 g/mol. The van der Waals surface area contributed by atoms with Crippen LogP contribution in [0.25, 0.3) is 0 Å². The Morgan fingerprint density at radius 1 is 1.05 bits per heavy atom. The molecule has 13 heteroatoms. The molecule has 2 aliphatic carbocycles. The summed E-state index contributed by atoms with van der Waals surface area (Å²) < 4.78 is 49.4. The van der Waals surface area contributed by atoms with Crippen LogP contribution in [-0.4, -0.2) is 119 Å². The quantitative estimate of drug-likeness (QED) is 0.357. The zero-order valence-corrected chi connectivity index (χ0v) is 35.0. The number of nitrogens with zero attached hydrogens (tertiary/aromatic N) is 4. The minimum atomic E-state index is -4.10. The van der Waals surface area contributed by atoms with Crippen LogP contribution in [0.3, 0.4) is 0 Å². The van der Waals surface area contributed by atoms with Crippen molar-refractivity contribution in [2.75, 3.05) is 78.1 Å². The Morgan fingerprint density at radius 2 is 1.93 bits per heavy atom. The number of piperidine rings is 1. The number of carbonyl (C=O) groups excluding carboxylic acids is 1. The molecule has 8 rings (SSSR count). The number of sulfonamides is 1. The lowest BCUT2D eigenvalue weighted by atomic mass is 9.63.